The number of carbonyl (C=O) groups excluding carboxylic acids is 2. The Bertz CT molecular complexity index is 436. The van der Waals surface area contributed by atoms with Crippen LogP contribution < -0.4 is 5.32 Å². The summed E-state index contributed by atoms with van der Waals surface area (Å²) in [5.74, 6) is 0.777. The molecule has 0 spiro atoms. The normalized spacial score (nSPS) is 32.7. The SMILES string of the molecule is CC(C)C1C(=O)NC(C2CC2)C(=O)N1CC1(C)CCCC1. The van der Waals surface area contributed by atoms with Crippen LogP contribution in [0.5, 0.6) is 0 Å². The van der Waals surface area contributed by atoms with E-state index in [2.05, 4.69) is 12.2 Å². The van der Waals surface area contributed by atoms with Crippen LogP contribution in [-0.2, 0) is 9.59 Å². The van der Waals surface area contributed by atoms with Crippen molar-refractivity contribution in [2.75, 3.05) is 6.54 Å². The lowest BCUT2D eigenvalue weighted by atomic mass is 9.85. The van der Waals surface area contributed by atoms with Gasteiger partial charge in [-0.15, -0.1) is 0 Å². The number of rotatable bonds is 4. The minimum atomic E-state index is -0.287. The van der Waals surface area contributed by atoms with E-state index in [0.29, 0.717) is 5.92 Å². The Morgan fingerprint density at radius 3 is 2.38 bits per heavy atom. The van der Waals surface area contributed by atoms with Gasteiger partial charge in [-0.05, 0) is 42.9 Å². The van der Waals surface area contributed by atoms with Gasteiger partial charge >= 0.3 is 0 Å². The molecule has 1 aliphatic heterocycles. The minimum Gasteiger partial charge on any atom is -0.342 e. The van der Waals surface area contributed by atoms with Crippen molar-refractivity contribution in [3.05, 3.63) is 0 Å². The first-order valence-corrected chi connectivity index (χ1v) is 8.52. The zero-order valence-electron chi connectivity index (χ0n) is 13.5. The van der Waals surface area contributed by atoms with E-state index in [4.69, 9.17) is 0 Å². The molecule has 2 aliphatic carbocycles. The number of carbonyl (C=O) groups is 2. The smallest absolute Gasteiger partial charge is 0.246 e. The highest BCUT2D eigenvalue weighted by atomic mass is 16.2. The molecule has 1 N–H and O–H groups in total. The molecule has 3 rings (SSSR count). The summed E-state index contributed by atoms with van der Waals surface area (Å²) in [5.41, 5.74) is 0.203. The highest BCUT2D eigenvalue weighted by molar-refractivity contribution is 5.97. The molecular weight excluding hydrogens is 264 g/mol. The van der Waals surface area contributed by atoms with E-state index in [1.807, 2.05) is 18.7 Å². The highest BCUT2D eigenvalue weighted by Gasteiger charge is 2.49. The lowest BCUT2D eigenvalue weighted by Gasteiger charge is -2.44. The van der Waals surface area contributed by atoms with E-state index in [9.17, 15) is 9.59 Å². The first-order chi connectivity index (χ1) is 9.91. The van der Waals surface area contributed by atoms with E-state index < -0.39 is 0 Å². The summed E-state index contributed by atoms with van der Waals surface area (Å²) < 4.78 is 0. The Hall–Kier alpha value is -1.06. The van der Waals surface area contributed by atoms with Gasteiger partial charge in [0.05, 0.1) is 0 Å². The van der Waals surface area contributed by atoms with Crippen LogP contribution >= 0.6 is 0 Å². The van der Waals surface area contributed by atoms with Crippen molar-refractivity contribution in [2.24, 2.45) is 17.3 Å². The van der Waals surface area contributed by atoms with Gasteiger partial charge in [-0.25, -0.2) is 0 Å². The van der Waals surface area contributed by atoms with Gasteiger partial charge in [0.15, 0.2) is 0 Å². The summed E-state index contributed by atoms with van der Waals surface area (Å²) in [6.45, 7) is 7.12. The third kappa shape index (κ3) is 2.82. The van der Waals surface area contributed by atoms with Crippen LogP contribution in [0.1, 0.15) is 59.3 Å². The van der Waals surface area contributed by atoms with Crippen LogP contribution in [-0.4, -0.2) is 35.3 Å². The fraction of sp³-hybridized carbons (Fsp3) is 0.882. The lowest BCUT2D eigenvalue weighted by molar-refractivity contribution is -0.153. The van der Waals surface area contributed by atoms with Gasteiger partial charge < -0.3 is 10.2 Å². The number of piperazine rings is 1. The minimum absolute atomic E-state index is 0.0584. The first-order valence-electron chi connectivity index (χ1n) is 8.52. The monoisotopic (exact) mass is 292 g/mol. The summed E-state index contributed by atoms with van der Waals surface area (Å²) in [4.78, 5) is 27.3. The molecule has 3 fully saturated rings. The number of nitrogens with zero attached hydrogens (tertiary/aromatic N) is 1. The summed E-state index contributed by atoms with van der Waals surface area (Å²) in [6.07, 6.45) is 7.02. The first kappa shape index (κ1) is 14.9. The second-order valence-corrected chi connectivity index (χ2v) is 8.00. The van der Waals surface area contributed by atoms with E-state index in [1.54, 1.807) is 0 Å². The molecule has 0 aromatic carbocycles. The lowest BCUT2D eigenvalue weighted by Crippen LogP contribution is -2.66. The molecule has 0 bridgehead atoms. The molecular formula is C17H28N2O2. The van der Waals surface area contributed by atoms with Crippen LogP contribution in [0.2, 0.25) is 0 Å². The van der Waals surface area contributed by atoms with Crippen molar-refractivity contribution < 1.29 is 9.59 Å². The molecule has 0 radical (unpaired) electrons. The average molecular weight is 292 g/mol. The molecule has 2 saturated carbocycles. The summed E-state index contributed by atoms with van der Waals surface area (Å²) in [7, 11) is 0. The van der Waals surface area contributed by atoms with Gasteiger partial charge in [0, 0.05) is 6.54 Å². The molecule has 4 nitrogen and oxygen atoms in total. The molecule has 2 atom stereocenters. The van der Waals surface area contributed by atoms with Crippen molar-refractivity contribution in [1.29, 1.82) is 0 Å². The number of hydrogen-bond donors (Lipinski definition) is 1. The van der Waals surface area contributed by atoms with Gasteiger partial charge in [0.2, 0.25) is 11.8 Å². The average Bonchev–Trinajstić information content (AvgIpc) is 3.16. The molecule has 1 saturated heterocycles. The predicted octanol–water partition coefficient (Wildman–Crippen LogP) is 2.33. The van der Waals surface area contributed by atoms with Gasteiger partial charge in [-0.1, -0.05) is 33.6 Å². The van der Waals surface area contributed by atoms with Crippen LogP contribution in [0.25, 0.3) is 0 Å². The third-order valence-corrected chi connectivity index (χ3v) is 5.54. The maximum absolute atomic E-state index is 12.9. The van der Waals surface area contributed by atoms with E-state index in [0.717, 1.165) is 19.4 Å². The highest BCUT2D eigenvalue weighted by Crippen LogP contribution is 2.41. The molecule has 118 valence electrons. The topological polar surface area (TPSA) is 49.4 Å². The van der Waals surface area contributed by atoms with Gasteiger partial charge in [-0.3, -0.25) is 9.59 Å². The maximum atomic E-state index is 12.9. The quantitative estimate of drug-likeness (QED) is 0.864. The molecule has 2 unspecified atom stereocenters. The fourth-order valence-electron chi connectivity index (χ4n) is 4.14. The Morgan fingerprint density at radius 2 is 1.86 bits per heavy atom. The van der Waals surface area contributed by atoms with E-state index in [1.165, 1.54) is 25.7 Å². The maximum Gasteiger partial charge on any atom is 0.246 e. The van der Waals surface area contributed by atoms with Crippen LogP contribution in [0, 0.1) is 17.3 Å². The number of nitrogens with one attached hydrogen (secondary N) is 1. The zero-order chi connectivity index (χ0) is 15.2. The van der Waals surface area contributed by atoms with Gasteiger partial charge in [-0.2, -0.15) is 0 Å². The molecule has 2 amide bonds. The molecule has 0 aromatic heterocycles. The van der Waals surface area contributed by atoms with Crippen molar-refractivity contribution >= 4 is 11.8 Å². The summed E-state index contributed by atoms with van der Waals surface area (Å²) >= 11 is 0. The molecule has 3 aliphatic rings. The zero-order valence-corrected chi connectivity index (χ0v) is 13.5. The molecule has 0 aromatic rings. The Kier molecular flexibility index (Phi) is 3.74. The summed E-state index contributed by atoms with van der Waals surface area (Å²) in [5, 5.41) is 3.00. The predicted molar refractivity (Wildman–Crippen MR) is 81.6 cm³/mol. The van der Waals surface area contributed by atoms with Crippen LogP contribution in [0.3, 0.4) is 0 Å². The summed E-state index contributed by atoms with van der Waals surface area (Å²) in [6, 6.07) is -0.539. The van der Waals surface area contributed by atoms with Crippen molar-refractivity contribution in [1.82, 2.24) is 10.2 Å². The number of hydrogen-bond acceptors (Lipinski definition) is 2. The van der Waals surface area contributed by atoms with Crippen molar-refractivity contribution in [2.45, 2.75) is 71.4 Å². The van der Waals surface area contributed by atoms with Crippen molar-refractivity contribution in [3.8, 4) is 0 Å². The van der Waals surface area contributed by atoms with Gasteiger partial charge in [0.25, 0.3) is 0 Å². The molecule has 1 heterocycles. The number of amides is 2. The second-order valence-electron chi connectivity index (χ2n) is 8.00. The van der Waals surface area contributed by atoms with E-state index >= 15 is 0 Å². The Labute approximate surface area is 127 Å². The third-order valence-electron chi connectivity index (χ3n) is 5.54. The molecule has 21 heavy (non-hydrogen) atoms. The van der Waals surface area contributed by atoms with E-state index in [-0.39, 0.29) is 35.2 Å². The van der Waals surface area contributed by atoms with Crippen LogP contribution in [0.15, 0.2) is 0 Å². The van der Waals surface area contributed by atoms with Crippen molar-refractivity contribution in [3.63, 3.8) is 0 Å². The largest absolute Gasteiger partial charge is 0.342 e. The molecule has 4 heteroatoms. The Morgan fingerprint density at radius 1 is 1.24 bits per heavy atom. The second kappa shape index (κ2) is 5.29. The Balaban J connectivity index is 1.82. The fourth-order valence-corrected chi connectivity index (χ4v) is 4.14. The van der Waals surface area contributed by atoms with Gasteiger partial charge in [0.1, 0.15) is 12.1 Å². The standard InChI is InChI=1S/C17H28N2O2/c1-11(2)14-15(20)18-13(12-6-7-12)16(21)19(14)10-17(3)8-4-5-9-17/h11-14H,4-10H2,1-3H3,(H,18,20). The van der Waals surface area contributed by atoms with Crippen LogP contribution in [0.4, 0.5) is 0 Å².